The van der Waals surface area contributed by atoms with Gasteiger partial charge >= 0.3 is 41.9 Å². The van der Waals surface area contributed by atoms with Crippen molar-refractivity contribution in [3.63, 3.8) is 0 Å². The third kappa shape index (κ3) is 8.64. The molecule has 4 aromatic rings. The van der Waals surface area contributed by atoms with E-state index in [2.05, 4.69) is 93.7 Å². The average molecular weight is 474 g/mol. The SMILES string of the molecule is C[Si](C)=[Zr].C[c-]1cccc1.C[c-]1cccc1.[H-].[c-]1cccc2c1Cc1ccccc1-2. The third-order valence-electron chi connectivity index (χ3n) is 4.28. The molecule has 0 spiro atoms. The van der Waals surface area contributed by atoms with Crippen LogP contribution in [0.25, 0.3) is 11.1 Å². The Labute approximate surface area is 193 Å². The topological polar surface area (TPSA) is 0 Å². The van der Waals surface area contributed by atoms with Gasteiger partial charge in [0.15, 0.2) is 0 Å². The van der Waals surface area contributed by atoms with Crippen LogP contribution in [0.4, 0.5) is 0 Å². The Morgan fingerprint density at radius 3 is 1.76 bits per heavy atom. The van der Waals surface area contributed by atoms with E-state index in [0.29, 0.717) is 0 Å². The first-order valence-corrected chi connectivity index (χ1v) is 16.1. The summed E-state index contributed by atoms with van der Waals surface area (Å²) in [5, 5.41) is 0. The molecule has 0 bridgehead atoms. The van der Waals surface area contributed by atoms with Crippen LogP contribution in [0.2, 0.25) is 13.1 Å². The molecule has 0 unspecified atom stereocenters. The normalized spacial score (nSPS) is 10.0. The molecule has 4 aromatic carbocycles. The summed E-state index contributed by atoms with van der Waals surface area (Å²) in [6.07, 6.45) is 1.05. The van der Waals surface area contributed by atoms with E-state index >= 15 is 0 Å². The summed E-state index contributed by atoms with van der Waals surface area (Å²) in [7, 11) is 0. The molecule has 29 heavy (non-hydrogen) atoms. The molecule has 0 radical (unpaired) electrons. The zero-order valence-corrected chi connectivity index (χ0v) is 21.3. The molecule has 0 atom stereocenters. The number of aryl methyl sites for hydroxylation is 2. The van der Waals surface area contributed by atoms with Gasteiger partial charge in [0.1, 0.15) is 0 Å². The van der Waals surface area contributed by atoms with Crippen LogP contribution < -0.4 is 0 Å². The zero-order valence-electron chi connectivity index (χ0n) is 18.9. The second kappa shape index (κ2) is 12.7. The van der Waals surface area contributed by atoms with Gasteiger partial charge in [-0.25, -0.2) is 24.3 Å². The average Bonchev–Trinajstić information content (AvgIpc) is 3.43. The maximum atomic E-state index is 3.30. The first-order chi connectivity index (χ1) is 14.0. The Morgan fingerprint density at radius 1 is 0.793 bits per heavy atom. The van der Waals surface area contributed by atoms with Crippen LogP contribution in [0.5, 0.6) is 0 Å². The maximum Gasteiger partial charge on any atom is -0.0253 e. The van der Waals surface area contributed by atoms with Crippen LogP contribution in [0.15, 0.2) is 91.0 Å². The van der Waals surface area contributed by atoms with Crippen molar-refractivity contribution < 1.29 is 24.8 Å². The molecule has 150 valence electrons. The summed E-state index contributed by atoms with van der Waals surface area (Å²) in [5.74, 6) is 0. The molecule has 0 amide bonds. The standard InChI is InChI=1S/C13H9.2C6H7.C2H6Si.Zr.H/c1-3-7-12-10(5-1)9-11-6-2-4-8-13(11)12;2*1-6-4-2-3-5-6;1-3-2;;/h1-5,7-8H,9H2;2*2-5H,1H3;1-2H3;;/q3*-1;;;-1. The molecule has 0 aliphatic heterocycles. The largest absolute Gasteiger partial charge is 1.00 e. The molecule has 0 saturated carbocycles. The van der Waals surface area contributed by atoms with Gasteiger partial charge in [0.2, 0.25) is 0 Å². The zero-order chi connectivity index (χ0) is 21.1. The van der Waals surface area contributed by atoms with Crippen LogP contribution in [0.1, 0.15) is 23.7 Å². The molecule has 0 heterocycles. The van der Waals surface area contributed by atoms with Crippen molar-refractivity contribution >= 4 is 5.43 Å². The van der Waals surface area contributed by atoms with Gasteiger partial charge in [-0.2, -0.15) is 65.2 Å². The fraction of sp³-hybridized carbons (Fsp3) is 0.185. The molecule has 5 rings (SSSR count). The molecule has 0 nitrogen and oxygen atoms in total. The second-order valence-electron chi connectivity index (χ2n) is 7.32. The molecule has 2 heteroatoms. The molecular weight excluding hydrogens is 444 g/mol. The minimum Gasteiger partial charge on any atom is -1.00 e. The maximum absolute atomic E-state index is 3.30. The number of hydrogen-bond acceptors (Lipinski definition) is 0. The van der Waals surface area contributed by atoms with E-state index < -0.39 is 0 Å². The fourth-order valence-electron chi connectivity index (χ4n) is 2.94. The molecular formula is C27H30SiZr-4. The molecule has 0 N–H and O–H groups in total. The van der Waals surface area contributed by atoms with Gasteiger partial charge < -0.3 is 1.43 Å². The first kappa shape index (κ1) is 23.5. The Balaban J connectivity index is 0.000000225. The van der Waals surface area contributed by atoms with E-state index in [4.69, 9.17) is 0 Å². The van der Waals surface area contributed by atoms with Crippen molar-refractivity contribution in [3.05, 3.63) is 119 Å². The van der Waals surface area contributed by atoms with E-state index in [9.17, 15) is 0 Å². The number of hydrogen-bond donors (Lipinski definition) is 0. The quantitative estimate of drug-likeness (QED) is 0.162. The van der Waals surface area contributed by atoms with E-state index in [0.717, 1.165) is 6.42 Å². The van der Waals surface area contributed by atoms with E-state index in [1.807, 2.05) is 30.3 Å². The van der Waals surface area contributed by atoms with Gasteiger partial charge in [-0.05, 0) is 6.42 Å². The Morgan fingerprint density at radius 2 is 1.28 bits per heavy atom. The number of benzene rings is 2. The third-order valence-corrected chi connectivity index (χ3v) is 4.28. The Bertz CT molecular complexity index is 906. The molecule has 1 aliphatic rings. The van der Waals surface area contributed by atoms with Gasteiger partial charge in [0, 0.05) is 0 Å². The minimum atomic E-state index is 0. The van der Waals surface area contributed by atoms with Crippen molar-refractivity contribution in [2.75, 3.05) is 0 Å². The van der Waals surface area contributed by atoms with Gasteiger partial charge in [-0.1, -0.05) is 49.2 Å². The first-order valence-electron chi connectivity index (χ1n) is 9.93. The number of fused-ring (bicyclic) bond motifs is 3. The van der Waals surface area contributed by atoms with Crippen LogP contribution in [0.3, 0.4) is 0 Å². The monoisotopic (exact) mass is 472 g/mol. The van der Waals surface area contributed by atoms with Crippen molar-refractivity contribution in [3.8, 4) is 11.1 Å². The Kier molecular flexibility index (Phi) is 10.3. The predicted octanol–water partition coefficient (Wildman–Crippen LogP) is 7.38. The van der Waals surface area contributed by atoms with Crippen molar-refractivity contribution in [1.82, 2.24) is 0 Å². The smallest absolute Gasteiger partial charge is 0.0253 e. The van der Waals surface area contributed by atoms with Crippen molar-refractivity contribution in [1.29, 1.82) is 0 Å². The van der Waals surface area contributed by atoms with Gasteiger partial charge in [-0.15, -0.1) is 5.56 Å². The minimum absolute atomic E-state index is 0. The summed E-state index contributed by atoms with van der Waals surface area (Å²) in [4.78, 5) is 0. The van der Waals surface area contributed by atoms with E-state index in [1.165, 1.54) is 33.4 Å². The fourth-order valence-corrected chi connectivity index (χ4v) is 2.94. The van der Waals surface area contributed by atoms with E-state index in [1.54, 1.807) is 23.3 Å². The summed E-state index contributed by atoms with van der Waals surface area (Å²) >= 11 is 1.74. The summed E-state index contributed by atoms with van der Waals surface area (Å²) in [5.41, 5.74) is 8.41. The number of rotatable bonds is 0. The molecule has 0 saturated heterocycles. The second-order valence-corrected chi connectivity index (χ2v) is 16.7. The summed E-state index contributed by atoms with van der Waals surface area (Å²) in [6, 6.07) is 34.6. The molecule has 0 aromatic heterocycles. The van der Waals surface area contributed by atoms with Crippen LogP contribution >= 0.6 is 0 Å². The van der Waals surface area contributed by atoms with Crippen molar-refractivity contribution in [2.24, 2.45) is 0 Å². The van der Waals surface area contributed by atoms with E-state index in [-0.39, 0.29) is 6.86 Å². The molecule has 0 fully saturated rings. The van der Waals surface area contributed by atoms with Crippen LogP contribution in [0, 0.1) is 19.9 Å². The van der Waals surface area contributed by atoms with Crippen LogP contribution in [-0.2, 0) is 29.8 Å². The molecule has 1 aliphatic carbocycles. The van der Waals surface area contributed by atoms with Gasteiger partial charge in [0.05, 0.1) is 0 Å². The predicted molar refractivity (Wildman–Crippen MR) is 126 cm³/mol. The van der Waals surface area contributed by atoms with Gasteiger partial charge in [0.25, 0.3) is 0 Å². The van der Waals surface area contributed by atoms with Crippen molar-refractivity contribution in [2.45, 2.75) is 33.4 Å². The van der Waals surface area contributed by atoms with Crippen LogP contribution in [-0.4, -0.2) is 5.43 Å². The Hall–Kier alpha value is -1.76. The summed E-state index contributed by atoms with van der Waals surface area (Å²) < 4.78 is 0. The summed E-state index contributed by atoms with van der Waals surface area (Å²) in [6.45, 7) is 8.78. The van der Waals surface area contributed by atoms with Gasteiger partial charge in [-0.3, -0.25) is 0 Å².